The van der Waals surface area contributed by atoms with Gasteiger partial charge in [0.1, 0.15) is 6.10 Å². The molecule has 0 spiro atoms. The molecule has 0 amide bonds. The van der Waals surface area contributed by atoms with Gasteiger partial charge in [-0.2, -0.15) is 5.10 Å². The fourth-order valence-electron chi connectivity index (χ4n) is 1.93. The Bertz CT molecular complexity index is 415. The summed E-state index contributed by atoms with van der Waals surface area (Å²) in [6.45, 7) is 6.49. The molecular weight excluding hydrogens is 296 g/mol. The van der Waals surface area contributed by atoms with Crippen LogP contribution in [0, 0.1) is 0 Å². The number of nitrogens with zero attached hydrogens (tertiary/aromatic N) is 2. The van der Waals surface area contributed by atoms with Gasteiger partial charge in [0.05, 0.1) is 22.3 Å². The van der Waals surface area contributed by atoms with Gasteiger partial charge < -0.3 is 4.74 Å². The van der Waals surface area contributed by atoms with E-state index < -0.39 is 0 Å². The van der Waals surface area contributed by atoms with E-state index in [0.29, 0.717) is 19.4 Å². The molecule has 1 aromatic heterocycles. The lowest BCUT2D eigenvalue weighted by Crippen LogP contribution is -2.26. The molecule has 0 N–H and O–H groups in total. The van der Waals surface area contributed by atoms with Gasteiger partial charge in [-0.25, -0.2) is 0 Å². The van der Waals surface area contributed by atoms with Crippen LogP contribution in [0.2, 0.25) is 0 Å². The molecular formula is C13H21BrN2O2. The van der Waals surface area contributed by atoms with E-state index in [4.69, 9.17) is 4.74 Å². The maximum atomic E-state index is 12.1. The molecule has 18 heavy (non-hydrogen) atoms. The average Bonchev–Trinajstić information content (AvgIpc) is 2.63. The van der Waals surface area contributed by atoms with Crippen molar-refractivity contribution in [1.82, 2.24) is 9.78 Å². The van der Waals surface area contributed by atoms with Crippen molar-refractivity contribution in [3.8, 4) is 0 Å². The van der Waals surface area contributed by atoms with Crippen LogP contribution in [0.15, 0.2) is 4.47 Å². The Kier molecular flexibility index (Phi) is 6.02. The van der Waals surface area contributed by atoms with Gasteiger partial charge >= 0.3 is 0 Å². The van der Waals surface area contributed by atoms with Crippen LogP contribution in [0.4, 0.5) is 0 Å². The highest BCUT2D eigenvalue weighted by atomic mass is 79.9. The lowest BCUT2D eigenvalue weighted by molar-refractivity contribution is -0.129. The second kappa shape index (κ2) is 7.04. The zero-order valence-corrected chi connectivity index (χ0v) is 13.1. The SMILES string of the molecule is CCOC(CC)C(=O)Cc1c(Br)c(CC)nn1C. The van der Waals surface area contributed by atoms with Gasteiger partial charge in [-0.1, -0.05) is 13.8 Å². The molecule has 0 saturated heterocycles. The van der Waals surface area contributed by atoms with E-state index in [-0.39, 0.29) is 11.9 Å². The van der Waals surface area contributed by atoms with Crippen LogP contribution < -0.4 is 0 Å². The molecule has 1 rings (SSSR count). The summed E-state index contributed by atoms with van der Waals surface area (Å²) in [6, 6.07) is 0. The Balaban J connectivity index is 2.84. The zero-order valence-electron chi connectivity index (χ0n) is 11.5. The predicted octanol–water partition coefficient (Wildman–Crippen LogP) is 2.67. The van der Waals surface area contributed by atoms with Crippen molar-refractivity contribution in [3.63, 3.8) is 0 Å². The minimum atomic E-state index is -0.304. The lowest BCUT2D eigenvalue weighted by atomic mass is 10.1. The second-order valence-electron chi connectivity index (χ2n) is 4.18. The van der Waals surface area contributed by atoms with E-state index in [0.717, 1.165) is 22.3 Å². The fraction of sp³-hybridized carbons (Fsp3) is 0.692. The third kappa shape index (κ3) is 3.42. The van der Waals surface area contributed by atoms with E-state index >= 15 is 0 Å². The number of aromatic nitrogens is 2. The molecule has 0 radical (unpaired) electrons. The molecule has 0 aliphatic rings. The largest absolute Gasteiger partial charge is 0.371 e. The van der Waals surface area contributed by atoms with Crippen molar-refractivity contribution >= 4 is 21.7 Å². The molecule has 0 fully saturated rings. The standard InChI is InChI=1S/C13H21BrN2O2/c1-5-9-13(14)10(16(4)15-9)8-11(17)12(6-2)18-7-3/h12H,5-8H2,1-4H3. The first-order valence-corrected chi connectivity index (χ1v) is 7.18. The normalized spacial score (nSPS) is 12.7. The summed E-state index contributed by atoms with van der Waals surface area (Å²) in [5.74, 6) is 0.116. The Labute approximate surface area is 117 Å². The first-order valence-electron chi connectivity index (χ1n) is 6.39. The van der Waals surface area contributed by atoms with Crippen LogP contribution in [-0.4, -0.2) is 28.3 Å². The van der Waals surface area contributed by atoms with E-state index in [2.05, 4.69) is 21.0 Å². The number of Topliss-reactive ketones (excluding diaryl/α,β-unsaturated/α-hetero) is 1. The lowest BCUT2D eigenvalue weighted by Gasteiger charge is -2.13. The summed E-state index contributed by atoms with van der Waals surface area (Å²) >= 11 is 3.52. The second-order valence-corrected chi connectivity index (χ2v) is 4.97. The number of rotatable bonds is 7. The summed E-state index contributed by atoms with van der Waals surface area (Å²) in [5.41, 5.74) is 1.92. The van der Waals surface area contributed by atoms with Crippen molar-refractivity contribution in [2.24, 2.45) is 7.05 Å². The minimum absolute atomic E-state index is 0.116. The Morgan fingerprint density at radius 3 is 2.56 bits per heavy atom. The smallest absolute Gasteiger partial charge is 0.167 e. The number of carbonyl (C=O) groups excluding carboxylic acids is 1. The fourth-order valence-corrected chi connectivity index (χ4v) is 2.69. The molecule has 0 bridgehead atoms. The molecule has 0 saturated carbocycles. The number of aryl methyl sites for hydroxylation is 2. The summed E-state index contributed by atoms with van der Waals surface area (Å²) in [5, 5.41) is 4.39. The van der Waals surface area contributed by atoms with Gasteiger partial charge in [0.2, 0.25) is 0 Å². The molecule has 102 valence electrons. The van der Waals surface area contributed by atoms with E-state index in [9.17, 15) is 4.79 Å². The quantitative estimate of drug-likeness (QED) is 0.776. The predicted molar refractivity (Wildman–Crippen MR) is 74.7 cm³/mol. The van der Waals surface area contributed by atoms with Gasteiger partial charge in [-0.15, -0.1) is 0 Å². The molecule has 5 heteroatoms. The number of hydrogen-bond donors (Lipinski definition) is 0. The summed E-state index contributed by atoms with van der Waals surface area (Å²) in [4.78, 5) is 12.1. The zero-order chi connectivity index (χ0) is 13.7. The van der Waals surface area contributed by atoms with E-state index in [1.165, 1.54) is 0 Å². The highest BCUT2D eigenvalue weighted by molar-refractivity contribution is 9.10. The van der Waals surface area contributed by atoms with Crippen LogP contribution in [0.3, 0.4) is 0 Å². The van der Waals surface area contributed by atoms with Gasteiger partial charge in [-0.3, -0.25) is 9.48 Å². The van der Waals surface area contributed by atoms with Crippen LogP contribution in [0.1, 0.15) is 38.6 Å². The average molecular weight is 317 g/mol. The highest BCUT2D eigenvalue weighted by Gasteiger charge is 2.21. The molecule has 4 nitrogen and oxygen atoms in total. The number of ether oxygens (including phenoxy) is 1. The van der Waals surface area contributed by atoms with Gasteiger partial charge in [0.25, 0.3) is 0 Å². The number of carbonyl (C=O) groups is 1. The first kappa shape index (κ1) is 15.4. The highest BCUT2D eigenvalue weighted by Crippen LogP contribution is 2.22. The van der Waals surface area contributed by atoms with Gasteiger partial charge in [0, 0.05) is 13.7 Å². The van der Waals surface area contributed by atoms with Crippen molar-refractivity contribution in [3.05, 3.63) is 15.9 Å². The molecule has 0 aromatic carbocycles. The number of hydrogen-bond acceptors (Lipinski definition) is 3. The van der Waals surface area contributed by atoms with Crippen LogP contribution in [0.5, 0.6) is 0 Å². The molecule has 0 aliphatic heterocycles. The van der Waals surface area contributed by atoms with Crippen molar-refractivity contribution < 1.29 is 9.53 Å². The Hall–Kier alpha value is -0.680. The molecule has 0 aliphatic carbocycles. The molecule has 1 unspecified atom stereocenters. The number of halogens is 1. The summed E-state index contributed by atoms with van der Waals surface area (Å²) in [6.07, 6.45) is 1.62. The third-order valence-corrected chi connectivity index (χ3v) is 3.86. The Morgan fingerprint density at radius 1 is 1.44 bits per heavy atom. The van der Waals surface area contributed by atoms with Crippen LogP contribution in [0.25, 0.3) is 0 Å². The number of ketones is 1. The summed E-state index contributed by atoms with van der Waals surface area (Å²) in [7, 11) is 1.87. The third-order valence-electron chi connectivity index (χ3n) is 2.94. The van der Waals surface area contributed by atoms with Crippen LogP contribution in [-0.2, 0) is 29.4 Å². The minimum Gasteiger partial charge on any atom is -0.371 e. The molecule has 1 aromatic rings. The van der Waals surface area contributed by atoms with Crippen LogP contribution >= 0.6 is 15.9 Å². The Morgan fingerprint density at radius 2 is 2.11 bits per heavy atom. The van der Waals surface area contributed by atoms with Crippen molar-refractivity contribution in [2.75, 3.05) is 6.61 Å². The van der Waals surface area contributed by atoms with Crippen molar-refractivity contribution in [2.45, 2.75) is 46.1 Å². The van der Waals surface area contributed by atoms with Crippen molar-refractivity contribution in [1.29, 1.82) is 0 Å². The maximum Gasteiger partial charge on any atom is 0.167 e. The van der Waals surface area contributed by atoms with Gasteiger partial charge in [0.15, 0.2) is 5.78 Å². The first-order chi connectivity index (χ1) is 8.54. The topological polar surface area (TPSA) is 44.1 Å². The van der Waals surface area contributed by atoms with Gasteiger partial charge in [-0.05, 0) is 35.7 Å². The van der Waals surface area contributed by atoms with E-state index in [1.54, 1.807) is 4.68 Å². The summed E-state index contributed by atoms with van der Waals surface area (Å²) < 4.78 is 8.17. The molecule has 1 heterocycles. The maximum absolute atomic E-state index is 12.1. The monoisotopic (exact) mass is 316 g/mol. The molecule has 1 atom stereocenters. The van der Waals surface area contributed by atoms with E-state index in [1.807, 2.05) is 27.8 Å².